The number of ether oxygens (including phenoxy) is 1. The van der Waals surface area contributed by atoms with Crippen LogP contribution in [0.25, 0.3) is 5.76 Å². The Morgan fingerprint density at radius 1 is 1.12 bits per heavy atom. The van der Waals surface area contributed by atoms with Crippen molar-refractivity contribution in [2.24, 2.45) is 0 Å². The lowest BCUT2D eigenvalue weighted by Crippen LogP contribution is -2.33. The molecule has 3 rings (SSSR count). The number of Topliss-reactive ketones (excluding diaryl/α,β-unsaturated/α-hetero) is 1. The highest BCUT2D eigenvalue weighted by Gasteiger charge is 2.46. The molecule has 9 nitrogen and oxygen atoms in total. The highest BCUT2D eigenvalue weighted by atomic mass is 35.5. The summed E-state index contributed by atoms with van der Waals surface area (Å²) in [5, 5.41) is 31.2. The smallest absolute Gasteiger partial charge is 0.295 e. The molecule has 1 saturated heterocycles. The minimum Gasteiger partial charge on any atom is -0.507 e. The third-order valence-corrected chi connectivity index (χ3v) is 5.42. The predicted molar refractivity (Wildman–Crippen MR) is 116 cm³/mol. The summed E-state index contributed by atoms with van der Waals surface area (Å²) in [4.78, 5) is 37.2. The average Bonchev–Trinajstić information content (AvgIpc) is 3.01. The van der Waals surface area contributed by atoms with Gasteiger partial charge in [0.25, 0.3) is 17.4 Å². The normalized spacial score (nSPS) is 17.7. The molecule has 2 aromatic rings. The van der Waals surface area contributed by atoms with E-state index < -0.39 is 28.4 Å². The van der Waals surface area contributed by atoms with Crippen molar-refractivity contribution in [1.82, 2.24) is 4.90 Å². The predicted octanol–water partition coefficient (Wildman–Crippen LogP) is 3.33. The van der Waals surface area contributed by atoms with Gasteiger partial charge in [0.1, 0.15) is 5.76 Å². The SMILES string of the molecule is O=C1C(=O)N(CCOCCO)C(c2ccc(Cl)cc2Cl)/C1=C(\O)c1ccc([N+](=O)[O-])cc1. The molecule has 2 aromatic carbocycles. The van der Waals surface area contributed by atoms with Crippen LogP contribution >= 0.6 is 23.2 Å². The Labute approximate surface area is 192 Å². The summed E-state index contributed by atoms with van der Waals surface area (Å²) in [6.07, 6.45) is 0. The fourth-order valence-corrected chi connectivity index (χ4v) is 3.90. The number of halogens is 2. The van der Waals surface area contributed by atoms with Crippen molar-refractivity contribution < 1.29 is 29.5 Å². The second kappa shape index (κ2) is 10.1. The number of aliphatic hydroxyl groups excluding tert-OH is 2. The van der Waals surface area contributed by atoms with Gasteiger partial charge in [-0.1, -0.05) is 29.3 Å². The number of nitrogens with zero attached hydrogens (tertiary/aromatic N) is 2. The lowest BCUT2D eigenvalue weighted by Gasteiger charge is -2.26. The van der Waals surface area contributed by atoms with E-state index >= 15 is 0 Å². The van der Waals surface area contributed by atoms with Gasteiger partial charge in [-0.05, 0) is 29.8 Å². The molecule has 1 amide bonds. The molecule has 0 bridgehead atoms. The van der Waals surface area contributed by atoms with Gasteiger partial charge in [0.05, 0.1) is 36.4 Å². The molecule has 168 valence electrons. The summed E-state index contributed by atoms with van der Waals surface area (Å²) in [6, 6.07) is 8.43. The van der Waals surface area contributed by atoms with Crippen LogP contribution in [0.15, 0.2) is 48.0 Å². The van der Waals surface area contributed by atoms with E-state index in [0.717, 1.165) is 0 Å². The summed E-state index contributed by atoms with van der Waals surface area (Å²) in [5.41, 5.74) is 0.0802. The lowest BCUT2D eigenvalue weighted by atomic mass is 9.95. The topological polar surface area (TPSA) is 130 Å². The Kier molecular flexibility index (Phi) is 7.47. The lowest BCUT2D eigenvalue weighted by molar-refractivity contribution is -0.384. The molecule has 1 aliphatic heterocycles. The van der Waals surface area contributed by atoms with Crippen molar-refractivity contribution in [3.63, 3.8) is 0 Å². The molecule has 1 unspecified atom stereocenters. The summed E-state index contributed by atoms with van der Waals surface area (Å²) in [5.74, 6) is -2.29. The second-order valence-corrected chi connectivity index (χ2v) is 7.64. The number of carbonyl (C=O) groups is 2. The number of non-ortho nitro benzene ring substituents is 1. The van der Waals surface area contributed by atoms with Gasteiger partial charge in [-0.25, -0.2) is 0 Å². The summed E-state index contributed by atoms with van der Waals surface area (Å²) >= 11 is 12.3. The van der Waals surface area contributed by atoms with Crippen LogP contribution in [-0.2, 0) is 14.3 Å². The van der Waals surface area contributed by atoms with E-state index in [0.29, 0.717) is 10.6 Å². The summed E-state index contributed by atoms with van der Waals surface area (Å²) in [7, 11) is 0. The van der Waals surface area contributed by atoms with Gasteiger partial charge < -0.3 is 19.8 Å². The number of amides is 1. The molecule has 2 N–H and O–H groups in total. The van der Waals surface area contributed by atoms with E-state index in [1.807, 2.05) is 0 Å². The fraction of sp³-hybridized carbons (Fsp3) is 0.238. The average molecular weight is 481 g/mol. The molecule has 1 heterocycles. The first-order valence-electron chi connectivity index (χ1n) is 9.43. The quantitative estimate of drug-likeness (QED) is 0.148. The van der Waals surface area contributed by atoms with Gasteiger partial charge in [0.15, 0.2) is 0 Å². The fourth-order valence-electron chi connectivity index (χ4n) is 3.38. The molecule has 0 spiro atoms. The van der Waals surface area contributed by atoms with E-state index in [1.54, 1.807) is 6.07 Å². The number of carbonyl (C=O) groups excluding carboxylic acids is 2. The maximum absolute atomic E-state index is 12.9. The molecule has 1 aliphatic rings. The summed E-state index contributed by atoms with van der Waals surface area (Å²) < 4.78 is 5.23. The molecule has 1 atom stereocenters. The number of ketones is 1. The number of rotatable bonds is 8. The van der Waals surface area contributed by atoms with Crippen molar-refractivity contribution in [3.8, 4) is 0 Å². The van der Waals surface area contributed by atoms with Crippen LogP contribution in [0.3, 0.4) is 0 Å². The largest absolute Gasteiger partial charge is 0.507 e. The van der Waals surface area contributed by atoms with Gasteiger partial charge in [-0.3, -0.25) is 19.7 Å². The molecular weight excluding hydrogens is 463 g/mol. The molecule has 0 radical (unpaired) electrons. The molecule has 1 fully saturated rings. The zero-order chi connectivity index (χ0) is 23.4. The van der Waals surface area contributed by atoms with E-state index in [2.05, 4.69) is 0 Å². The molecular formula is C21H18Cl2N2O7. The van der Waals surface area contributed by atoms with E-state index in [1.165, 1.54) is 41.3 Å². The highest BCUT2D eigenvalue weighted by Crippen LogP contribution is 2.42. The Hall–Kier alpha value is -2.98. The molecule has 0 aromatic heterocycles. The minimum atomic E-state index is -1.03. The first kappa shape index (κ1) is 23.7. The van der Waals surface area contributed by atoms with Crippen molar-refractivity contribution >= 4 is 46.3 Å². The standard InChI is InChI=1S/C21H18Cl2N2O7/c22-13-3-6-15(16(23)11-13)18-17(19(27)12-1-4-14(5-2-12)25(30)31)20(28)21(29)24(18)7-9-32-10-8-26/h1-6,11,18,26-27H,7-10H2/b19-17+. The van der Waals surface area contributed by atoms with Crippen LogP contribution in [0.2, 0.25) is 10.0 Å². The van der Waals surface area contributed by atoms with Crippen LogP contribution in [0, 0.1) is 10.1 Å². The monoisotopic (exact) mass is 480 g/mol. The Balaban J connectivity index is 2.10. The van der Waals surface area contributed by atoms with Crippen molar-refractivity contribution in [2.45, 2.75) is 6.04 Å². The van der Waals surface area contributed by atoms with Crippen molar-refractivity contribution in [1.29, 1.82) is 0 Å². The Morgan fingerprint density at radius 3 is 2.41 bits per heavy atom. The van der Waals surface area contributed by atoms with E-state index in [4.69, 9.17) is 33.0 Å². The maximum atomic E-state index is 12.9. The van der Waals surface area contributed by atoms with Gasteiger partial charge in [-0.15, -0.1) is 0 Å². The van der Waals surface area contributed by atoms with Gasteiger partial charge in [-0.2, -0.15) is 0 Å². The van der Waals surface area contributed by atoms with Gasteiger partial charge in [0.2, 0.25) is 0 Å². The Morgan fingerprint density at radius 2 is 1.81 bits per heavy atom. The van der Waals surface area contributed by atoms with Crippen LogP contribution in [0.5, 0.6) is 0 Å². The zero-order valence-electron chi connectivity index (χ0n) is 16.5. The minimum absolute atomic E-state index is 0.00869. The van der Waals surface area contributed by atoms with Crippen molar-refractivity contribution in [3.05, 3.63) is 79.3 Å². The number of hydrogen-bond donors (Lipinski definition) is 2. The number of likely N-dealkylation sites (tertiary alicyclic amines) is 1. The number of nitro benzene ring substituents is 1. The van der Waals surface area contributed by atoms with Crippen LogP contribution in [0.1, 0.15) is 17.2 Å². The van der Waals surface area contributed by atoms with Gasteiger partial charge >= 0.3 is 0 Å². The third-order valence-electron chi connectivity index (χ3n) is 4.86. The number of nitro groups is 1. The molecule has 32 heavy (non-hydrogen) atoms. The molecule has 11 heteroatoms. The van der Waals surface area contributed by atoms with E-state index in [9.17, 15) is 24.8 Å². The van der Waals surface area contributed by atoms with Crippen molar-refractivity contribution in [2.75, 3.05) is 26.4 Å². The molecule has 0 saturated carbocycles. The first-order valence-corrected chi connectivity index (χ1v) is 10.2. The number of benzene rings is 2. The third kappa shape index (κ3) is 4.76. The number of aliphatic hydroxyl groups is 2. The molecule has 0 aliphatic carbocycles. The highest BCUT2D eigenvalue weighted by molar-refractivity contribution is 6.47. The zero-order valence-corrected chi connectivity index (χ0v) is 18.0. The Bertz CT molecular complexity index is 1090. The van der Waals surface area contributed by atoms with Gasteiger partial charge in [0, 0.05) is 34.3 Å². The van der Waals surface area contributed by atoms with E-state index in [-0.39, 0.29) is 48.2 Å². The summed E-state index contributed by atoms with van der Waals surface area (Å²) in [6.45, 7) is -0.122. The van der Waals surface area contributed by atoms with Crippen LogP contribution in [-0.4, -0.2) is 58.1 Å². The van der Waals surface area contributed by atoms with Crippen LogP contribution in [0.4, 0.5) is 5.69 Å². The first-order chi connectivity index (χ1) is 15.3. The number of hydrogen-bond acceptors (Lipinski definition) is 7. The van der Waals surface area contributed by atoms with Crippen LogP contribution < -0.4 is 0 Å². The maximum Gasteiger partial charge on any atom is 0.295 e. The second-order valence-electron chi connectivity index (χ2n) is 6.80.